The number of methoxy groups -OCH3 is 4. The van der Waals surface area contributed by atoms with Crippen molar-refractivity contribution < 1.29 is 18.9 Å². The Morgan fingerprint density at radius 3 is 1.95 bits per heavy atom. The summed E-state index contributed by atoms with van der Waals surface area (Å²) in [5, 5.41) is 3.50. The first-order chi connectivity index (χ1) is 10.1. The number of ether oxygens (including phenoxy) is 4. The lowest BCUT2D eigenvalue weighted by Gasteiger charge is -2.22. The highest BCUT2D eigenvalue weighted by Gasteiger charge is 2.16. The molecule has 1 unspecified atom stereocenters. The van der Waals surface area contributed by atoms with Crippen LogP contribution in [-0.4, -0.2) is 41.1 Å². The molecule has 0 aliphatic carbocycles. The molecule has 1 atom stereocenters. The van der Waals surface area contributed by atoms with Crippen molar-refractivity contribution in [3.63, 3.8) is 0 Å². The van der Waals surface area contributed by atoms with Gasteiger partial charge in [0.2, 0.25) is 0 Å². The van der Waals surface area contributed by atoms with Gasteiger partial charge in [0.15, 0.2) is 11.5 Å². The van der Waals surface area contributed by atoms with Gasteiger partial charge in [0, 0.05) is 31.3 Å². The van der Waals surface area contributed by atoms with E-state index in [1.54, 1.807) is 28.4 Å². The van der Waals surface area contributed by atoms with E-state index in [9.17, 15) is 0 Å². The molecule has 0 aliphatic rings. The first kappa shape index (κ1) is 17.6. The minimum absolute atomic E-state index is 0.285. The van der Waals surface area contributed by atoms with Crippen LogP contribution in [0.25, 0.3) is 0 Å². The quantitative estimate of drug-likeness (QED) is 0.759. The Morgan fingerprint density at radius 2 is 1.48 bits per heavy atom. The van der Waals surface area contributed by atoms with E-state index in [0.29, 0.717) is 30.6 Å². The van der Waals surface area contributed by atoms with Crippen molar-refractivity contribution in [3.05, 3.63) is 17.7 Å². The lowest BCUT2D eigenvalue weighted by atomic mass is 10.0. The van der Waals surface area contributed by atoms with Crippen molar-refractivity contribution in [1.29, 1.82) is 0 Å². The molecule has 0 bridgehead atoms. The van der Waals surface area contributed by atoms with Gasteiger partial charge in [0.25, 0.3) is 0 Å². The molecule has 0 saturated heterocycles. The fourth-order valence-electron chi connectivity index (χ4n) is 2.14. The van der Waals surface area contributed by atoms with E-state index < -0.39 is 0 Å². The zero-order chi connectivity index (χ0) is 15.8. The average molecular weight is 297 g/mol. The third-order valence-corrected chi connectivity index (χ3v) is 3.49. The van der Waals surface area contributed by atoms with Crippen molar-refractivity contribution in [3.8, 4) is 17.2 Å². The fraction of sp³-hybridized carbons (Fsp3) is 0.625. The summed E-state index contributed by atoms with van der Waals surface area (Å²) in [5.41, 5.74) is 1.02. The van der Waals surface area contributed by atoms with Gasteiger partial charge in [-0.15, -0.1) is 0 Å². The van der Waals surface area contributed by atoms with Gasteiger partial charge in [0.1, 0.15) is 5.75 Å². The second-order valence-electron chi connectivity index (χ2n) is 5.21. The van der Waals surface area contributed by atoms with Crippen LogP contribution >= 0.6 is 0 Å². The standard InChI is InChI=1S/C16H27NO4/c1-11(2)13(10-18-3)17-9-12-7-15(20-5)16(21-6)8-14(12)19-4/h7-8,11,13,17H,9-10H2,1-6H3. The van der Waals surface area contributed by atoms with Crippen molar-refractivity contribution in [1.82, 2.24) is 5.32 Å². The van der Waals surface area contributed by atoms with Gasteiger partial charge >= 0.3 is 0 Å². The molecule has 5 heteroatoms. The van der Waals surface area contributed by atoms with Crippen LogP contribution in [0.3, 0.4) is 0 Å². The van der Waals surface area contributed by atoms with Crippen LogP contribution in [0.1, 0.15) is 19.4 Å². The summed E-state index contributed by atoms with van der Waals surface area (Å²) in [6.45, 7) is 5.69. The number of benzene rings is 1. The topological polar surface area (TPSA) is 49.0 Å². The maximum Gasteiger partial charge on any atom is 0.164 e. The van der Waals surface area contributed by atoms with Crippen LogP contribution in [0.15, 0.2) is 12.1 Å². The highest BCUT2D eigenvalue weighted by Crippen LogP contribution is 2.34. The molecule has 0 aliphatic heterocycles. The van der Waals surface area contributed by atoms with Crippen molar-refractivity contribution >= 4 is 0 Å². The van der Waals surface area contributed by atoms with E-state index in [2.05, 4.69) is 19.2 Å². The molecule has 21 heavy (non-hydrogen) atoms. The molecule has 1 aromatic carbocycles. The molecular weight excluding hydrogens is 270 g/mol. The first-order valence-corrected chi connectivity index (χ1v) is 7.08. The number of rotatable bonds is 9. The summed E-state index contributed by atoms with van der Waals surface area (Å²) < 4.78 is 21.3. The largest absolute Gasteiger partial charge is 0.496 e. The maximum absolute atomic E-state index is 5.43. The van der Waals surface area contributed by atoms with Crippen LogP contribution < -0.4 is 19.5 Å². The van der Waals surface area contributed by atoms with Gasteiger partial charge in [-0.2, -0.15) is 0 Å². The molecule has 1 rings (SSSR count). The fourth-order valence-corrected chi connectivity index (χ4v) is 2.14. The van der Waals surface area contributed by atoms with Gasteiger partial charge in [-0.1, -0.05) is 13.8 Å². The SMILES string of the molecule is COCC(NCc1cc(OC)c(OC)cc1OC)C(C)C. The third kappa shape index (κ3) is 4.79. The molecule has 0 heterocycles. The average Bonchev–Trinajstić information content (AvgIpc) is 2.50. The van der Waals surface area contributed by atoms with E-state index in [1.165, 1.54) is 0 Å². The second kappa shape index (κ2) is 8.74. The van der Waals surface area contributed by atoms with E-state index in [1.807, 2.05) is 12.1 Å². The van der Waals surface area contributed by atoms with Crippen molar-refractivity contribution in [2.75, 3.05) is 35.0 Å². The minimum Gasteiger partial charge on any atom is -0.496 e. The van der Waals surface area contributed by atoms with Gasteiger partial charge in [-0.05, 0) is 12.0 Å². The molecule has 0 aromatic heterocycles. The molecule has 0 fully saturated rings. The van der Waals surface area contributed by atoms with Gasteiger partial charge in [-0.3, -0.25) is 0 Å². The predicted octanol–water partition coefficient (Wildman–Crippen LogP) is 2.47. The van der Waals surface area contributed by atoms with Gasteiger partial charge < -0.3 is 24.3 Å². The summed E-state index contributed by atoms with van der Waals surface area (Å²) in [6.07, 6.45) is 0. The monoisotopic (exact) mass is 297 g/mol. The Hall–Kier alpha value is -1.46. The maximum atomic E-state index is 5.43. The van der Waals surface area contributed by atoms with Crippen LogP contribution in [0.2, 0.25) is 0 Å². The minimum atomic E-state index is 0.285. The van der Waals surface area contributed by atoms with Crippen LogP contribution in [0.5, 0.6) is 17.2 Å². The van der Waals surface area contributed by atoms with Crippen LogP contribution in [0, 0.1) is 5.92 Å². The second-order valence-corrected chi connectivity index (χ2v) is 5.21. The van der Waals surface area contributed by atoms with Crippen LogP contribution in [0.4, 0.5) is 0 Å². The predicted molar refractivity (Wildman–Crippen MR) is 83.4 cm³/mol. The molecule has 0 spiro atoms. The summed E-state index contributed by atoms with van der Waals surface area (Å²) in [6, 6.07) is 4.07. The van der Waals surface area contributed by atoms with E-state index in [-0.39, 0.29) is 6.04 Å². The van der Waals surface area contributed by atoms with Gasteiger partial charge in [0.05, 0.1) is 27.9 Å². The Kier molecular flexibility index (Phi) is 7.32. The number of hydrogen-bond acceptors (Lipinski definition) is 5. The molecule has 0 amide bonds. The zero-order valence-corrected chi connectivity index (χ0v) is 13.9. The lowest BCUT2D eigenvalue weighted by Crippen LogP contribution is -2.37. The van der Waals surface area contributed by atoms with E-state index >= 15 is 0 Å². The highest BCUT2D eigenvalue weighted by molar-refractivity contribution is 5.50. The Bertz CT molecular complexity index is 435. The number of nitrogens with one attached hydrogen (secondary N) is 1. The van der Waals surface area contributed by atoms with Crippen molar-refractivity contribution in [2.45, 2.75) is 26.4 Å². The third-order valence-electron chi connectivity index (χ3n) is 3.49. The Balaban J connectivity index is 2.90. The molecule has 120 valence electrons. The molecular formula is C16H27NO4. The molecule has 0 saturated carbocycles. The van der Waals surface area contributed by atoms with E-state index in [0.717, 1.165) is 11.3 Å². The molecule has 5 nitrogen and oxygen atoms in total. The normalized spacial score (nSPS) is 12.3. The van der Waals surface area contributed by atoms with E-state index in [4.69, 9.17) is 18.9 Å². The summed E-state index contributed by atoms with van der Waals surface area (Å²) in [5.74, 6) is 2.62. The van der Waals surface area contributed by atoms with Gasteiger partial charge in [-0.25, -0.2) is 0 Å². The molecule has 0 radical (unpaired) electrons. The van der Waals surface area contributed by atoms with Crippen LogP contribution in [-0.2, 0) is 11.3 Å². The molecule has 1 aromatic rings. The molecule has 1 N–H and O–H groups in total. The lowest BCUT2D eigenvalue weighted by molar-refractivity contribution is 0.146. The smallest absolute Gasteiger partial charge is 0.164 e. The summed E-state index contributed by atoms with van der Waals surface area (Å²) in [4.78, 5) is 0. The number of hydrogen-bond donors (Lipinski definition) is 1. The zero-order valence-electron chi connectivity index (χ0n) is 13.9. The summed E-state index contributed by atoms with van der Waals surface area (Å²) >= 11 is 0. The highest BCUT2D eigenvalue weighted by atomic mass is 16.5. The first-order valence-electron chi connectivity index (χ1n) is 7.08. The van der Waals surface area contributed by atoms with Crippen molar-refractivity contribution in [2.24, 2.45) is 5.92 Å². The summed E-state index contributed by atoms with van der Waals surface area (Å²) in [7, 11) is 6.61. The Labute approximate surface area is 127 Å². The Morgan fingerprint density at radius 1 is 0.905 bits per heavy atom.